The van der Waals surface area contributed by atoms with E-state index in [9.17, 15) is 4.79 Å². The largest absolute Gasteiger partial charge is 0.294 e. The highest BCUT2D eigenvalue weighted by molar-refractivity contribution is 6.34. The number of aromatic nitrogens is 2. The smallest absolute Gasteiger partial charge is 0.161 e. The quantitative estimate of drug-likeness (QED) is 0.532. The number of fused-ring (bicyclic) bond motifs is 1. The van der Waals surface area contributed by atoms with Crippen LogP contribution in [0.2, 0.25) is 5.15 Å². The minimum Gasteiger partial charge on any atom is -0.294 e. The normalized spacial score (nSPS) is 10.4. The highest BCUT2D eigenvalue weighted by Crippen LogP contribution is 2.21. The summed E-state index contributed by atoms with van der Waals surface area (Å²) in [6.07, 6.45) is 1.36. The molecular weight excluding hydrogens is 200 g/mol. The first-order valence-electron chi connectivity index (χ1n) is 4.10. The number of para-hydroxylation sites is 1. The number of benzene rings is 1. The van der Waals surface area contributed by atoms with Crippen molar-refractivity contribution in [1.29, 1.82) is 0 Å². The van der Waals surface area contributed by atoms with Crippen molar-refractivity contribution in [3.63, 3.8) is 0 Å². The number of ketones is 1. The van der Waals surface area contributed by atoms with Gasteiger partial charge in [-0.1, -0.05) is 17.7 Å². The Labute approximate surface area is 85.7 Å². The summed E-state index contributed by atoms with van der Waals surface area (Å²) in [5, 5.41) is 1.08. The highest BCUT2D eigenvalue weighted by Gasteiger charge is 2.08. The second-order valence-electron chi connectivity index (χ2n) is 2.92. The van der Waals surface area contributed by atoms with Crippen LogP contribution in [-0.2, 0) is 0 Å². The van der Waals surface area contributed by atoms with Gasteiger partial charge in [0.05, 0.1) is 5.52 Å². The molecular formula is C10H7ClN2O. The van der Waals surface area contributed by atoms with E-state index >= 15 is 0 Å². The van der Waals surface area contributed by atoms with Crippen molar-refractivity contribution in [2.75, 3.05) is 0 Å². The standard InChI is InChI=1S/C10H7ClN2O/c1-6(14)7-3-2-4-8-9(7)12-5-13-10(8)11/h2-5H,1H3. The van der Waals surface area contributed by atoms with E-state index in [0.29, 0.717) is 21.6 Å². The van der Waals surface area contributed by atoms with Crippen molar-refractivity contribution < 1.29 is 4.79 Å². The van der Waals surface area contributed by atoms with Crippen LogP contribution in [0.3, 0.4) is 0 Å². The predicted molar refractivity (Wildman–Crippen MR) is 54.6 cm³/mol. The third kappa shape index (κ3) is 1.36. The van der Waals surface area contributed by atoms with Crippen LogP contribution in [0.4, 0.5) is 0 Å². The molecule has 0 unspecified atom stereocenters. The summed E-state index contributed by atoms with van der Waals surface area (Å²) in [7, 11) is 0. The average Bonchev–Trinajstić information content (AvgIpc) is 2.17. The maximum absolute atomic E-state index is 11.3. The van der Waals surface area contributed by atoms with E-state index < -0.39 is 0 Å². The van der Waals surface area contributed by atoms with Crippen LogP contribution < -0.4 is 0 Å². The zero-order valence-electron chi connectivity index (χ0n) is 7.49. The van der Waals surface area contributed by atoms with Crippen LogP contribution in [0.1, 0.15) is 17.3 Å². The third-order valence-electron chi connectivity index (χ3n) is 2.00. The van der Waals surface area contributed by atoms with Gasteiger partial charge in [0, 0.05) is 10.9 Å². The van der Waals surface area contributed by atoms with Crippen LogP contribution in [0, 0.1) is 0 Å². The molecule has 0 saturated carbocycles. The number of halogens is 1. The summed E-state index contributed by atoms with van der Waals surface area (Å²) >= 11 is 5.87. The molecule has 14 heavy (non-hydrogen) atoms. The first-order valence-corrected chi connectivity index (χ1v) is 4.48. The number of Topliss-reactive ketones (excluding diaryl/α,β-unsaturated/α-hetero) is 1. The number of rotatable bonds is 1. The molecule has 0 amide bonds. The van der Waals surface area contributed by atoms with Crippen molar-refractivity contribution in [3.8, 4) is 0 Å². The minimum absolute atomic E-state index is 0.0228. The number of hydrogen-bond acceptors (Lipinski definition) is 3. The molecule has 1 aromatic carbocycles. The molecule has 70 valence electrons. The zero-order valence-corrected chi connectivity index (χ0v) is 8.25. The maximum atomic E-state index is 11.3. The van der Waals surface area contributed by atoms with E-state index in [1.807, 2.05) is 0 Å². The molecule has 2 aromatic rings. The maximum Gasteiger partial charge on any atom is 0.161 e. The molecule has 0 N–H and O–H groups in total. The Morgan fingerprint density at radius 1 is 1.36 bits per heavy atom. The number of nitrogens with zero attached hydrogens (tertiary/aromatic N) is 2. The lowest BCUT2D eigenvalue weighted by Crippen LogP contribution is -1.96. The van der Waals surface area contributed by atoms with E-state index in [1.54, 1.807) is 18.2 Å². The fourth-order valence-electron chi connectivity index (χ4n) is 1.34. The number of carbonyl (C=O) groups is 1. The van der Waals surface area contributed by atoms with Crippen molar-refractivity contribution in [2.24, 2.45) is 0 Å². The Kier molecular flexibility index (Phi) is 2.17. The van der Waals surface area contributed by atoms with Gasteiger partial charge in [0.15, 0.2) is 5.78 Å². The van der Waals surface area contributed by atoms with Gasteiger partial charge in [0.2, 0.25) is 0 Å². The Balaban J connectivity index is 2.88. The molecule has 3 nitrogen and oxygen atoms in total. The first kappa shape index (κ1) is 9.09. The van der Waals surface area contributed by atoms with Gasteiger partial charge in [-0.25, -0.2) is 9.97 Å². The molecule has 0 atom stereocenters. The Morgan fingerprint density at radius 3 is 2.86 bits per heavy atom. The van der Waals surface area contributed by atoms with Crippen molar-refractivity contribution in [3.05, 3.63) is 35.2 Å². The van der Waals surface area contributed by atoms with Crippen LogP contribution >= 0.6 is 11.6 Å². The summed E-state index contributed by atoms with van der Waals surface area (Å²) in [6, 6.07) is 5.30. The summed E-state index contributed by atoms with van der Waals surface area (Å²) < 4.78 is 0. The van der Waals surface area contributed by atoms with E-state index in [-0.39, 0.29) is 5.78 Å². The highest BCUT2D eigenvalue weighted by atomic mass is 35.5. The minimum atomic E-state index is -0.0228. The Bertz CT molecular complexity index is 510. The molecule has 0 spiro atoms. The van der Waals surface area contributed by atoms with Crippen LogP contribution in [0.25, 0.3) is 10.9 Å². The fraction of sp³-hybridized carbons (Fsp3) is 0.100. The van der Waals surface area contributed by atoms with E-state index in [1.165, 1.54) is 13.3 Å². The van der Waals surface area contributed by atoms with Crippen molar-refractivity contribution in [1.82, 2.24) is 9.97 Å². The van der Waals surface area contributed by atoms with Gasteiger partial charge in [0.25, 0.3) is 0 Å². The van der Waals surface area contributed by atoms with Gasteiger partial charge in [-0.3, -0.25) is 4.79 Å². The monoisotopic (exact) mass is 206 g/mol. The van der Waals surface area contributed by atoms with Crippen LogP contribution in [0.15, 0.2) is 24.5 Å². The average molecular weight is 207 g/mol. The summed E-state index contributed by atoms with van der Waals surface area (Å²) in [4.78, 5) is 19.2. The summed E-state index contributed by atoms with van der Waals surface area (Å²) in [6.45, 7) is 1.50. The molecule has 0 radical (unpaired) electrons. The second-order valence-corrected chi connectivity index (χ2v) is 3.28. The molecule has 0 aliphatic carbocycles. The van der Waals surface area contributed by atoms with Gasteiger partial charge in [-0.05, 0) is 19.1 Å². The Hall–Kier alpha value is -1.48. The van der Waals surface area contributed by atoms with Gasteiger partial charge < -0.3 is 0 Å². The van der Waals surface area contributed by atoms with Crippen molar-refractivity contribution >= 4 is 28.3 Å². The second kappa shape index (κ2) is 3.35. The zero-order chi connectivity index (χ0) is 10.1. The molecule has 2 rings (SSSR count). The molecule has 0 aliphatic heterocycles. The van der Waals surface area contributed by atoms with E-state index in [4.69, 9.17) is 11.6 Å². The molecule has 0 aliphatic rings. The first-order chi connectivity index (χ1) is 6.70. The van der Waals surface area contributed by atoms with Crippen LogP contribution in [-0.4, -0.2) is 15.8 Å². The molecule has 0 bridgehead atoms. The molecule has 1 aromatic heterocycles. The lowest BCUT2D eigenvalue weighted by molar-refractivity contribution is 0.101. The van der Waals surface area contributed by atoms with Gasteiger partial charge in [0.1, 0.15) is 11.5 Å². The number of hydrogen-bond donors (Lipinski definition) is 0. The lowest BCUT2D eigenvalue weighted by atomic mass is 10.1. The van der Waals surface area contributed by atoms with Gasteiger partial charge in [-0.2, -0.15) is 0 Å². The molecule has 1 heterocycles. The van der Waals surface area contributed by atoms with E-state index in [2.05, 4.69) is 9.97 Å². The van der Waals surface area contributed by atoms with Crippen molar-refractivity contribution in [2.45, 2.75) is 6.92 Å². The summed E-state index contributed by atoms with van der Waals surface area (Å²) in [5.41, 5.74) is 1.19. The SMILES string of the molecule is CC(=O)c1cccc2c(Cl)ncnc12. The fourth-order valence-corrected chi connectivity index (χ4v) is 1.54. The summed E-state index contributed by atoms with van der Waals surface area (Å²) in [5.74, 6) is -0.0228. The number of carbonyl (C=O) groups excluding carboxylic acids is 1. The van der Waals surface area contributed by atoms with Gasteiger partial charge in [-0.15, -0.1) is 0 Å². The predicted octanol–water partition coefficient (Wildman–Crippen LogP) is 2.49. The van der Waals surface area contributed by atoms with E-state index in [0.717, 1.165) is 0 Å². The Morgan fingerprint density at radius 2 is 2.14 bits per heavy atom. The molecule has 0 saturated heterocycles. The topological polar surface area (TPSA) is 42.9 Å². The van der Waals surface area contributed by atoms with Gasteiger partial charge >= 0.3 is 0 Å². The lowest BCUT2D eigenvalue weighted by Gasteiger charge is -2.02. The third-order valence-corrected chi connectivity index (χ3v) is 2.30. The molecule has 4 heteroatoms. The molecule has 0 fully saturated rings. The van der Waals surface area contributed by atoms with Crippen LogP contribution in [0.5, 0.6) is 0 Å².